The SMILES string of the molecule is Cc1ccc(C(F)(F)F)cc1Nc1nccnc1C(N)=S. The zero-order valence-electron chi connectivity index (χ0n) is 10.9. The average molecular weight is 312 g/mol. The number of nitrogens with one attached hydrogen (secondary N) is 1. The van der Waals surface area contributed by atoms with Crippen LogP contribution in [0, 0.1) is 6.92 Å². The van der Waals surface area contributed by atoms with Gasteiger partial charge in [-0.1, -0.05) is 18.3 Å². The monoisotopic (exact) mass is 312 g/mol. The van der Waals surface area contributed by atoms with E-state index >= 15 is 0 Å². The van der Waals surface area contributed by atoms with E-state index in [0.29, 0.717) is 5.56 Å². The van der Waals surface area contributed by atoms with Crippen LogP contribution in [0.5, 0.6) is 0 Å². The van der Waals surface area contributed by atoms with Crippen molar-refractivity contribution >= 4 is 28.7 Å². The van der Waals surface area contributed by atoms with E-state index in [1.54, 1.807) is 6.92 Å². The first kappa shape index (κ1) is 15.2. The molecule has 0 aliphatic rings. The summed E-state index contributed by atoms with van der Waals surface area (Å²) in [6, 6.07) is 3.40. The molecule has 0 amide bonds. The van der Waals surface area contributed by atoms with Crippen molar-refractivity contribution in [1.82, 2.24) is 9.97 Å². The van der Waals surface area contributed by atoms with Gasteiger partial charge in [-0.3, -0.25) is 0 Å². The highest BCUT2D eigenvalue weighted by atomic mass is 32.1. The number of nitrogens with zero attached hydrogens (tertiary/aromatic N) is 2. The van der Waals surface area contributed by atoms with Crippen molar-refractivity contribution < 1.29 is 13.2 Å². The van der Waals surface area contributed by atoms with E-state index in [4.69, 9.17) is 18.0 Å². The van der Waals surface area contributed by atoms with Crippen LogP contribution < -0.4 is 11.1 Å². The van der Waals surface area contributed by atoms with Gasteiger partial charge in [-0.25, -0.2) is 9.97 Å². The van der Waals surface area contributed by atoms with E-state index in [1.165, 1.54) is 18.5 Å². The molecule has 0 aliphatic heterocycles. The minimum Gasteiger partial charge on any atom is -0.388 e. The van der Waals surface area contributed by atoms with E-state index in [9.17, 15) is 13.2 Å². The van der Waals surface area contributed by atoms with E-state index in [-0.39, 0.29) is 22.2 Å². The fourth-order valence-corrected chi connectivity index (χ4v) is 1.82. The van der Waals surface area contributed by atoms with Crippen molar-refractivity contribution in [3.63, 3.8) is 0 Å². The predicted octanol–water partition coefficient (Wildman–Crippen LogP) is 3.18. The Morgan fingerprint density at radius 3 is 2.52 bits per heavy atom. The topological polar surface area (TPSA) is 63.8 Å². The smallest absolute Gasteiger partial charge is 0.388 e. The summed E-state index contributed by atoms with van der Waals surface area (Å²) in [4.78, 5) is 7.98. The normalized spacial score (nSPS) is 11.2. The third-order valence-electron chi connectivity index (χ3n) is 2.75. The number of alkyl halides is 3. The molecule has 4 nitrogen and oxygen atoms in total. The van der Waals surface area contributed by atoms with Crippen LogP contribution in [-0.4, -0.2) is 15.0 Å². The molecule has 1 heterocycles. The van der Waals surface area contributed by atoms with Crippen molar-refractivity contribution in [3.05, 3.63) is 47.4 Å². The van der Waals surface area contributed by atoms with Crippen molar-refractivity contribution in [2.45, 2.75) is 13.1 Å². The maximum absolute atomic E-state index is 12.7. The lowest BCUT2D eigenvalue weighted by Gasteiger charge is -2.14. The lowest BCUT2D eigenvalue weighted by Crippen LogP contribution is -2.15. The molecule has 0 atom stereocenters. The second-order valence-electron chi connectivity index (χ2n) is 4.27. The molecule has 0 bridgehead atoms. The largest absolute Gasteiger partial charge is 0.416 e. The molecule has 3 N–H and O–H groups in total. The van der Waals surface area contributed by atoms with Gasteiger partial charge in [-0.05, 0) is 24.6 Å². The van der Waals surface area contributed by atoms with E-state index < -0.39 is 11.7 Å². The molecule has 0 aliphatic carbocycles. The summed E-state index contributed by atoms with van der Waals surface area (Å²) in [5.41, 5.74) is 5.88. The van der Waals surface area contributed by atoms with Crippen molar-refractivity contribution in [3.8, 4) is 0 Å². The first-order chi connectivity index (χ1) is 9.79. The standard InChI is InChI=1S/C13H11F3N4S/c1-7-2-3-8(13(14,15)16)6-9(7)20-12-10(11(17)21)18-4-5-19-12/h2-6H,1H3,(H2,17,21)(H,19,20). The van der Waals surface area contributed by atoms with E-state index in [2.05, 4.69) is 15.3 Å². The van der Waals surface area contributed by atoms with Gasteiger partial charge in [0.05, 0.1) is 5.56 Å². The number of anilines is 2. The highest BCUT2D eigenvalue weighted by Crippen LogP contribution is 2.33. The van der Waals surface area contributed by atoms with E-state index in [0.717, 1.165) is 12.1 Å². The first-order valence-corrected chi connectivity index (χ1v) is 6.25. The average Bonchev–Trinajstić information content (AvgIpc) is 2.40. The molecule has 0 unspecified atom stereocenters. The summed E-state index contributed by atoms with van der Waals surface area (Å²) in [6.45, 7) is 1.68. The predicted molar refractivity (Wildman–Crippen MR) is 77.4 cm³/mol. The van der Waals surface area contributed by atoms with Gasteiger partial charge in [-0.2, -0.15) is 13.2 Å². The third-order valence-corrected chi connectivity index (χ3v) is 2.94. The molecule has 110 valence electrons. The number of aryl methyl sites for hydroxylation is 1. The molecule has 8 heteroatoms. The lowest BCUT2D eigenvalue weighted by molar-refractivity contribution is -0.137. The Bertz CT molecular complexity index is 685. The van der Waals surface area contributed by atoms with Gasteiger partial charge in [0.15, 0.2) is 5.82 Å². The first-order valence-electron chi connectivity index (χ1n) is 5.84. The van der Waals surface area contributed by atoms with Gasteiger partial charge >= 0.3 is 6.18 Å². The third kappa shape index (κ3) is 3.46. The molecule has 1 aromatic carbocycles. The number of aromatic nitrogens is 2. The van der Waals surface area contributed by atoms with Gasteiger partial charge in [0, 0.05) is 18.1 Å². The number of hydrogen-bond acceptors (Lipinski definition) is 4. The van der Waals surface area contributed by atoms with Crippen molar-refractivity contribution in [1.29, 1.82) is 0 Å². The number of rotatable bonds is 3. The molecule has 0 saturated carbocycles. The Kier molecular flexibility index (Phi) is 4.08. The Morgan fingerprint density at radius 2 is 1.90 bits per heavy atom. The van der Waals surface area contributed by atoms with Crippen LogP contribution in [0.3, 0.4) is 0 Å². The zero-order valence-corrected chi connectivity index (χ0v) is 11.7. The number of halogens is 3. The van der Waals surface area contributed by atoms with Crippen LogP contribution in [0.2, 0.25) is 0 Å². The molecule has 0 radical (unpaired) electrons. The Labute approximate surface area is 124 Å². The number of nitrogens with two attached hydrogens (primary N) is 1. The second-order valence-corrected chi connectivity index (χ2v) is 4.71. The zero-order chi connectivity index (χ0) is 15.6. The molecule has 0 fully saturated rings. The summed E-state index contributed by atoms with van der Waals surface area (Å²) < 4.78 is 38.2. The quantitative estimate of drug-likeness (QED) is 0.852. The van der Waals surface area contributed by atoms with Crippen LogP contribution in [0.1, 0.15) is 16.8 Å². The summed E-state index contributed by atoms with van der Waals surface area (Å²) in [6.07, 6.45) is -1.62. The maximum atomic E-state index is 12.7. The van der Waals surface area contributed by atoms with E-state index in [1.807, 2.05) is 0 Å². The highest BCUT2D eigenvalue weighted by Gasteiger charge is 2.30. The molecule has 0 saturated heterocycles. The maximum Gasteiger partial charge on any atom is 0.416 e. The van der Waals surface area contributed by atoms with Crippen LogP contribution in [0.25, 0.3) is 0 Å². The van der Waals surface area contributed by atoms with Gasteiger partial charge in [0.2, 0.25) is 0 Å². The molecule has 2 aromatic rings. The van der Waals surface area contributed by atoms with Crippen LogP contribution in [0.15, 0.2) is 30.6 Å². The Morgan fingerprint density at radius 1 is 1.24 bits per heavy atom. The molecule has 21 heavy (non-hydrogen) atoms. The van der Waals surface area contributed by atoms with Crippen LogP contribution in [-0.2, 0) is 6.18 Å². The van der Waals surface area contributed by atoms with Gasteiger partial charge in [-0.15, -0.1) is 0 Å². The lowest BCUT2D eigenvalue weighted by atomic mass is 10.1. The Hall–Kier alpha value is -2.22. The summed E-state index contributed by atoms with van der Waals surface area (Å²) in [7, 11) is 0. The van der Waals surface area contributed by atoms with Crippen molar-refractivity contribution in [2.24, 2.45) is 5.73 Å². The number of hydrogen-bond donors (Lipinski definition) is 2. The van der Waals surface area contributed by atoms with Gasteiger partial charge in [0.25, 0.3) is 0 Å². The summed E-state index contributed by atoms with van der Waals surface area (Å²) >= 11 is 4.84. The van der Waals surface area contributed by atoms with Gasteiger partial charge in [0.1, 0.15) is 10.7 Å². The molecule has 2 rings (SSSR count). The molecule has 1 aromatic heterocycles. The summed E-state index contributed by atoms with van der Waals surface area (Å²) in [5, 5.41) is 2.79. The van der Waals surface area contributed by atoms with Gasteiger partial charge < -0.3 is 11.1 Å². The number of thiocarbonyl (C=S) groups is 1. The van der Waals surface area contributed by atoms with Crippen LogP contribution in [0.4, 0.5) is 24.7 Å². The van der Waals surface area contributed by atoms with Crippen LogP contribution >= 0.6 is 12.2 Å². The fourth-order valence-electron chi connectivity index (χ4n) is 1.67. The molecular weight excluding hydrogens is 301 g/mol. The summed E-state index contributed by atoms with van der Waals surface area (Å²) in [5.74, 6) is 0.215. The minimum absolute atomic E-state index is 0.00947. The second kappa shape index (κ2) is 5.65. The fraction of sp³-hybridized carbons (Fsp3) is 0.154. The Balaban J connectivity index is 2.43. The molecular formula is C13H11F3N4S. The highest BCUT2D eigenvalue weighted by molar-refractivity contribution is 7.80. The number of benzene rings is 1. The minimum atomic E-state index is -4.42. The van der Waals surface area contributed by atoms with Crippen molar-refractivity contribution in [2.75, 3.05) is 5.32 Å². The molecule has 0 spiro atoms.